The summed E-state index contributed by atoms with van der Waals surface area (Å²) in [6.07, 6.45) is -4.47. The maximum Gasteiger partial charge on any atom is 0.573 e. The first-order chi connectivity index (χ1) is 17.1. The zero-order valence-corrected chi connectivity index (χ0v) is 19.4. The minimum absolute atomic E-state index is 0.00288. The molecule has 0 spiro atoms. The van der Waals surface area contributed by atoms with E-state index in [1.165, 1.54) is 24.3 Å². The Morgan fingerprint density at radius 2 is 1.72 bits per heavy atom. The maximum atomic E-state index is 13.4. The van der Waals surface area contributed by atoms with Crippen LogP contribution < -0.4 is 20.7 Å². The first kappa shape index (κ1) is 25.3. The number of rotatable bonds is 8. The number of alkyl halides is 3. The van der Waals surface area contributed by atoms with Crippen LogP contribution in [0.3, 0.4) is 0 Å². The fraction of sp³-hybridized carbons (Fsp3) is 0.200. The third-order valence-corrected chi connectivity index (χ3v) is 5.57. The number of aliphatic hydroxyl groups excluding tert-OH is 1. The Hall–Kier alpha value is -3.76. The number of nitrogens with zero attached hydrogens (tertiary/aromatic N) is 1. The molecule has 0 aliphatic rings. The number of aromatic amines is 1. The second-order valence-corrected chi connectivity index (χ2v) is 8.29. The summed E-state index contributed by atoms with van der Waals surface area (Å²) < 4.78 is 48.9. The second-order valence-electron chi connectivity index (χ2n) is 7.86. The first-order valence-electron chi connectivity index (χ1n) is 10.8. The van der Waals surface area contributed by atoms with Gasteiger partial charge in [0.1, 0.15) is 17.2 Å². The van der Waals surface area contributed by atoms with Crippen LogP contribution in [0.15, 0.2) is 70.3 Å². The summed E-state index contributed by atoms with van der Waals surface area (Å²) in [5, 5.41) is 9.86. The normalized spacial score (nSPS) is 11.6. The Bertz CT molecular complexity index is 1500. The van der Waals surface area contributed by atoms with E-state index in [9.17, 15) is 22.8 Å². The lowest BCUT2D eigenvalue weighted by atomic mass is 10.00. The van der Waals surface area contributed by atoms with Crippen LogP contribution in [-0.2, 0) is 13.0 Å². The predicted molar refractivity (Wildman–Crippen MR) is 128 cm³/mol. The van der Waals surface area contributed by atoms with Crippen molar-refractivity contribution < 1.29 is 27.8 Å². The lowest BCUT2D eigenvalue weighted by molar-refractivity contribution is -0.274. The number of fused-ring (bicyclic) bond motifs is 1. The van der Waals surface area contributed by atoms with Crippen molar-refractivity contribution in [3.05, 3.63) is 97.7 Å². The molecule has 7 nitrogen and oxygen atoms in total. The van der Waals surface area contributed by atoms with Gasteiger partial charge in [-0.15, -0.1) is 13.2 Å². The zero-order chi connectivity index (χ0) is 25.9. The summed E-state index contributed by atoms with van der Waals surface area (Å²) in [5.74, 6) is -0.200. The molecule has 0 saturated heterocycles. The minimum atomic E-state index is -4.87. The quantitative estimate of drug-likeness (QED) is 0.341. The zero-order valence-electron chi connectivity index (χ0n) is 18.6. The molecule has 11 heteroatoms. The SMILES string of the molecule is O=c1[nH]c2ccc(Oc3cccc(OC(F)(F)F)c3)c(Cc3ccc(Cl)cc3)c2c(=O)n1CCCO. The Labute approximate surface area is 207 Å². The van der Waals surface area contributed by atoms with E-state index in [0.717, 1.165) is 22.3 Å². The van der Waals surface area contributed by atoms with Crippen molar-refractivity contribution in [2.75, 3.05) is 6.61 Å². The summed E-state index contributed by atoms with van der Waals surface area (Å²) in [4.78, 5) is 28.5. The van der Waals surface area contributed by atoms with Crippen molar-refractivity contribution in [3.63, 3.8) is 0 Å². The van der Waals surface area contributed by atoms with Crippen LogP contribution in [-0.4, -0.2) is 27.6 Å². The van der Waals surface area contributed by atoms with Gasteiger partial charge in [-0.2, -0.15) is 0 Å². The van der Waals surface area contributed by atoms with Crippen molar-refractivity contribution >= 4 is 22.5 Å². The molecule has 0 unspecified atom stereocenters. The van der Waals surface area contributed by atoms with E-state index in [1.54, 1.807) is 24.3 Å². The van der Waals surface area contributed by atoms with Crippen LogP contribution in [0.2, 0.25) is 5.02 Å². The largest absolute Gasteiger partial charge is 0.573 e. The number of benzene rings is 3. The average Bonchev–Trinajstić information content (AvgIpc) is 2.81. The third-order valence-electron chi connectivity index (χ3n) is 5.32. The lowest BCUT2D eigenvalue weighted by Crippen LogP contribution is -2.35. The Balaban J connectivity index is 1.85. The van der Waals surface area contributed by atoms with Crippen LogP contribution in [0.25, 0.3) is 10.9 Å². The van der Waals surface area contributed by atoms with Crippen LogP contribution in [0.1, 0.15) is 17.5 Å². The third kappa shape index (κ3) is 5.89. The number of hydrogen-bond acceptors (Lipinski definition) is 5. The number of nitrogens with one attached hydrogen (secondary N) is 1. The molecule has 4 aromatic rings. The monoisotopic (exact) mass is 520 g/mol. The van der Waals surface area contributed by atoms with Gasteiger partial charge in [-0.1, -0.05) is 29.8 Å². The molecule has 3 aromatic carbocycles. The Morgan fingerprint density at radius 3 is 2.42 bits per heavy atom. The summed E-state index contributed by atoms with van der Waals surface area (Å²) in [6, 6.07) is 14.9. The topological polar surface area (TPSA) is 93.6 Å². The van der Waals surface area contributed by atoms with E-state index in [4.69, 9.17) is 21.4 Å². The van der Waals surface area contributed by atoms with Gasteiger partial charge in [-0.25, -0.2) is 4.79 Å². The molecule has 0 radical (unpaired) electrons. The van der Waals surface area contributed by atoms with Crippen molar-refractivity contribution in [2.45, 2.75) is 25.7 Å². The molecule has 0 aliphatic carbocycles. The lowest BCUT2D eigenvalue weighted by Gasteiger charge is -2.16. The van der Waals surface area contributed by atoms with Crippen LogP contribution >= 0.6 is 11.6 Å². The highest BCUT2D eigenvalue weighted by molar-refractivity contribution is 6.30. The van der Waals surface area contributed by atoms with Gasteiger partial charge in [-0.05, 0) is 48.4 Å². The molecule has 1 heterocycles. The molecule has 36 heavy (non-hydrogen) atoms. The number of aromatic nitrogens is 2. The molecule has 0 amide bonds. The van der Waals surface area contributed by atoms with Crippen LogP contribution in [0.5, 0.6) is 17.2 Å². The molecule has 1 aromatic heterocycles. The molecule has 188 valence electrons. The van der Waals surface area contributed by atoms with Gasteiger partial charge in [-0.3, -0.25) is 9.36 Å². The molecule has 0 saturated carbocycles. The molecular weight excluding hydrogens is 501 g/mol. The summed E-state index contributed by atoms with van der Waals surface area (Å²) >= 11 is 5.99. The fourth-order valence-electron chi connectivity index (χ4n) is 3.76. The minimum Gasteiger partial charge on any atom is -0.457 e. The van der Waals surface area contributed by atoms with Gasteiger partial charge in [0, 0.05) is 36.2 Å². The average molecular weight is 521 g/mol. The van der Waals surface area contributed by atoms with E-state index in [2.05, 4.69) is 9.72 Å². The van der Waals surface area contributed by atoms with Crippen LogP contribution in [0.4, 0.5) is 13.2 Å². The highest BCUT2D eigenvalue weighted by Crippen LogP contribution is 2.34. The van der Waals surface area contributed by atoms with Gasteiger partial charge in [0.15, 0.2) is 0 Å². The standard InChI is InChI=1S/C25H20ClF3N2O5/c26-16-7-5-15(6-8-16)13-19-21(35-17-3-1-4-18(14-17)36-25(27,28)29)10-9-20-22(19)23(33)31(11-2-12-32)24(34)30-20/h1,3-10,14,32H,2,11-13H2,(H,30,34). The molecule has 4 rings (SSSR count). The molecule has 0 bridgehead atoms. The molecule has 0 fully saturated rings. The highest BCUT2D eigenvalue weighted by atomic mass is 35.5. The van der Waals surface area contributed by atoms with Crippen molar-refractivity contribution in [3.8, 4) is 17.2 Å². The number of halogens is 4. The molecule has 0 aliphatic heterocycles. The number of aliphatic hydroxyl groups is 1. The summed E-state index contributed by atoms with van der Waals surface area (Å²) in [7, 11) is 0. The predicted octanol–water partition coefficient (Wildman–Crippen LogP) is 5.01. The Kier molecular flexibility index (Phi) is 7.37. The smallest absolute Gasteiger partial charge is 0.457 e. The van der Waals surface area contributed by atoms with Crippen molar-refractivity contribution in [2.24, 2.45) is 0 Å². The molecule has 0 atom stereocenters. The van der Waals surface area contributed by atoms with Crippen molar-refractivity contribution in [1.82, 2.24) is 9.55 Å². The fourth-order valence-corrected chi connectivity index (χ4v) is 3.88. The van der Waals surface area contributed by atoms with E-state index in [1.807, 2.05) is 0 Å². The van der Waals surface area contributed by atoms with E-state index in [0.29, 0.717) is 10.6 Å². The maximum absolute atomic E-state index is 13.4. The molecular formula is C25H20ClF3N2O5. The van der Waals surface area contributed by atoms with Gasteiger partial charge in [0.25, 0.3) is 5.56 Å². The Morgan fingerprint density at radius 1 is 1.00 bits per heavy atom. The van der Waals surface area contributed by atoms with Gasteiger partial charge < -0.3 is 19.6 Å². The number of hydrogen-bond donors (Lipinski definition) is 2. The number of H-pyrrole nitrogens is 1. The second kappa shape index (κ2) is 10.5. The number of ether oxygens (including phenoxy) is 2. The summed E-state index contributed by atoms with van der Waals surface area (Å²) in [5.41, 5.74) is 0.264. The van der Waals surface area contributed by atoms with E-state index < -0.39 is 23.4 Å². The van der Waals surface area contributed by atoms with Gasteiger partial charge in [0.05, 0.1) is 10.9 Å². The highest BCUT2D eigenvalue weighted by Gasteiger charge is 2.31. The van der Waals surface area contributed by atoms with Crippen molar-refractivity contribution in [1.29, 1.82) is 0 Å². The van der Waals surface area contributed by atoms with Gasteiger partial charge in [0.2, 0.25) is 0 Å². The van der Waals surface area contributed by atoms with E-state index in [-0.39, 0.29) is 48.4 Å². The van der Waals surface area contributed by atoms with Crippen LogP contribution in [0, 0.1) is 0 Å². The first-order valence-corrected chi connectivity index (χ1v) is 11.2. The molecule has 2 N–H and O–H groups in total. The summed E-state index contributed by atoms with van der Waals surface area (Å²) in [6.45, 7) is -0.204. The van der Waals surface area contributed by atoms with Gasteiger partial charge >= 0.3 is 12.1 Å². The van der Waals surface area contributed by atoms with E-state index >= 15 is 0 Å².